The van der Waals surface area contributed by atoms with Gasteiger partial charge in [0, 0.05) is 19.2 Å². The van der Waals surface area contributed by atoms with E-state index in [1.807, 2.05) is 0 Å². The number of carboxylic acids is 1. The molecule has 2 rings (SSSR count). The third kappa shape index (κ3) is 3.10. The summed E-state index contributed by atoms with van der Waals surface area (Å²) in [5.41, 5.74) is -0.321. The van der Waals surface area contributed by atoms with Gasteiger partial charge in [-0.15, -0.1) is 0 Å². The Kier molecular flexibility index (Phi) is 4.06. The fourth-order valence-corrected chi connectivity index (χ4v) is 2.16. The first kappa shape index (κ1) is 14.8. The van der Waals surface area contributed by atoms with E-state index in [1.54, 1.807) is 0 Å². The van der Waals surface area contributed by atoms with Gasteiger partial charge in [-0.05, 0) is 12.1 Å². The van der Waals surface area contributed by atoms with Gasteiger partial charge in [0.2, 0.25) is 5.91 Å². The van der Waals surface area contributed by atoms with Crippen LogP contribution in [-0.2, 0) is 9.59 Å². The van der Waals surface area contributed by atoms with E-state index < -0.39 is 36.1 Å². The number of aromatic hydroxyl groups is 1. The summed E-state index contributed by atoms with van der Waals surface area (Å²) in [4.78, 5) is 35.8. The highest BCUT2D eigenvalue weighted by Crippen LogP contribution is 2.19. The van der Waals surface area contributed by atoms with E-state index in [1.165, 1.54) is 0 Å². The molecule has 1 aliphatic rings. The second-order valence-corrected chi connectivity index (χ2v) is 4.57. The van der Waals surface area contributed by atoms with Crippen LogP contribution in [0.2, 0.25) is 0 Å². The van der Waals surface area contributed by atoms with Gasteiger partial charge in [-0.3, -0.25) is 14.4 Å². The molecule has 0 aliphatic carbocycles. The Bertz CT molecular complexity index is 604. The lowest BCUT2D eigenvalue weighted by Crippen LogP contribution is -2.57. The fourth-order valence-electron chi connectivity index (χ4n) is 2.16. The van der Waals surface area contributed by atoms with Crippen LogP contribution in [-0.4, -0.2) is 52.0 Å². The summed E-state index contributed by atoms with van der Waals surface area (Å²) >= 11 is 0. The van der Waals surface area contributed by atoms with Gasteiger partial charge in [-0.2, -0.15) is 0 Å². The zero-order chi connectivity index (χ0) is 15.6. The van der Waals surface area contributed by atoms with E-state index in [2.05, 4.69) is 5.32 Å². The molecule has 0 bridgehead atoms. The van der Waals surface area contributed by atoms with Gasteiger partial charge in [-0.1, -0.05) is 0 Å². The molecule has 1 saturated heterocycles. The van der Waals surface area contributed by atoms with Crippen molar-refractivity contribution >= 4 is 17.8 Å². The van der Waals surface area contributed by atoms with Crippen molar-refractivity contribution in [2.75, 3.05) is 13.1 Å². The number of carboxylic acid groups (broad SMARTS) is 1. The highest BCUT2D eigenvalue weighted by atomic mass is 19.1. The van der Waals surface area contributed by atoms with Crippen molar-refractivity contribution in [1.82, 2.24) is 10.2 Å². The van der Waals surface area contributed by atoms with Crippen LogP contribution < -0.4 is 5.32 Å². The van der Waals surface area contributed by atoms with Gasteiger partial charge in [-0.25, -0.2) is 4.39 Å². The first-order valence-electron chi connectivity index (χ1n) is 6.19. The van der Waals surface area contributed by atoms with Gasteiger partial charge in [0.05, 0.1) is 12.0 Å². The number of carbonyl (C=O) groups excluding carboxylic acids is 2. The highest BCUT2D eigenvalue weighted by molar-refractivity contribution is 5.99. The molecule has 1 fully saturated rings. The summed E-state index contributed by atoms with van der Waals surface area (Å²) in [6.45, 7) is 0.253. The third-order valence-corrected chi connectivity index (χ3v) is 3.14. The molecule has 3 N–H and O–H groups in total. The lowest BCUT2D eigenvalue weighted by molar-refractivity contribution is -0.142. The minimum atomic E-state index is -1.24. The minimum Gasteiger partial charge on any atom is -0.508 e. The van der Waals surface area contributed by atoms with E-state index in [4.69, 9.17) is 10.2 Å². The number of nitrogens with zero attached hydrogens (tertiary/aromatic N) is 1. The topological polar surface area (TPSA) is 107 Å². The smallest absolute Gasteiger partial charge is 0.305 e. The second kappa shape index (κ2) is 5.78. The average molecular weight is 296 g/mol. The van der Waals surface area contributed by atoms with E-state index in [-0.39, 0.29) is 24.4 Å². The second-order valence-electron chi connectivity index (χ2n) is 4.57. The zero-order valence-corrected chi connectivity index (χ0v) is 10.9. The highest BCUT2D eigenvalue weighted by Gasteiger charge is 2.35. The summed E-state index contributed by atoms with van der Waals surface area (Å²) in [5.74, 6) is -3.87. The molecule has 0 aromatic heterocycles. The number of halogens is 1. The maximum absolute atomic E-state index is 13.7. The van der Waals surface area contributed by atoms with Crippen LogP contribution in [0.3, 0.4) is 0 Å². The molecule has 1 aliphatic heterocycles. The lowest BCUT2D eigenvalue weighted by atomic mass is 10.1. The number of hydrogen-bond donors (Lipinski definition) is 3. The van der Waals surface area contributed by atoms with E-state index in [0.717, 1.165) is 23.1 Å². The summed E-state index contributed by atoms with van der Waals surface area (Å²) in [7, 11) is 0. The number of amides is 2. The summed E-state index contributed by atoms with van der Waals surface area (Å²) < 4.78 is 13.7. The number of rotatable bonds is 3. The van der Waals surface area contributed by atoms with Crippen LogP contribution >= 0.6 is 0 Å². The Morgan fingerprint density at radius 3 is 2.76 bits per heavy atom. The maximum atomic E-state index is 13.7. The number of phenolic OH excluding ortho intramolecular Hbond substituents is 1. The summed E-state index contributed by atoms with van der Waals surface area (Å²) in [5, 5.41) is 20.4. The Morgan fingerprint density at radius 2 is 2.14 bits per heavy atom. The molecule has 2 amide bonds. The molecule has 7 nitrogen and oxygen atoms in total. The monoisotopic (exact) mass is 296 g/mol. The number of phenols is 1. The molecule has 1 heterocycles. The predicted octanol–water partition coefficient (Wildman–Crippen LogP) is -0.0534. The van der Waals surface area contributed by atoms with Gasteiger partial charge in [0.25, 0.3) is 5.91 Å². The van der Waals surface area contributed by atoms with Gasteiger partial charge < -0.3 is 20.4 Å². The summed E-state index contributed by atoms with van der Waals surface area (Å²) in [6.07, 6.45) is -0.558. The average Bonchev–Trinajstić information content (AvgIpc) is 2.40. The zero-order valence-electron chi connectivity index (χ0n) is 10.9. The van der Waals surface area contributed by atoms with Crippen molar-refractivity contribution in [3.8, 4) is 5.75 Å². The third-order valence-electron chi connectivity index (χ3n) is 3.14. The van der Waals surface area contributed by atoms with Crippen molar-refractivity contribution < 1.29 is 29.0 Å². The normalized spacial score (nSPS) is 18.2. The largest absolute Gasteiger partial charge is 0.508 e. The Morgan fingerprint density at radius 1 is 1.43 bits per heavy atom. The molecule has 0 saturated carbocycles. The molecular weight excluding hydrogens is 283 g/mol. The van der Waals surface area contributed by atoms with Crippen molar-refractivity contribution in [3.05, 3.63) is 29.6 Å². The molecule has 0 spiro atoms. The molecule has 112 valence electrons. The van der Waals surface area contributed by atoms with Crippen LogP contribution in [0.4, 0.5) is 4.39 Å². The van der Waals surface area contributed by atoms with Gasteiger partial charge in [0.15, 0.2) is 0 Å². The Balaban J connectivity index is 2.30. The molecule has 1 unspecified atom stereocenters. The van der Waals surface area contributed by atoms with Crippen molar-refractivity contribution in [1.29, 1.82) is 0 Å². The number of carbonyl (C=O) groups is 3. The number of piperazine rings is 1. The van der Waals surface area contributed by atoms with E-state index >= 15 is 0 Å². The van der Waals surface area contributed by atoms with Crippen molar-refractivity contribution in [2.24, 2.45) is 0 Å². The number of hydrogen-bond acceptors (Lipinski definition) is 4. The predicted molar refractivity (Wildman–Crippen MR) is 68.2 cm³/mol. The molecule has 1 aromatic rings. The van der Waals surface area contributed by atoms with E-state index in [9.17, 15) is 18.8 Å². The molecule has 8 heteroatoms. The van der Waals surface area contributed by atoms with E-state index in [0.29, 0.717) is 0 Å². The standard InChI is InChI=1S/C13H13FN2O5/c14-9-5-7(17)1-2-8(9)13(21)16-4-3-15-12(20)10(16)6-11(18)19/h1-2,5,10,17H,3-4,6H2,(H,15,20)(H,18,19). The molecular formula is C13H13FN2O5. The first-order chi connectivity index (χ1) is 9.90. The van der Waals surface area contributed by atoms with Crippen molar-refractivity contribution in [2.45, 2.75) is 12.5 Å². The molecule has 1 aromatic carbocycles. The molecule has 21 heavy (non-hydrogen) atoms. The van der Waals surface area contributed by atoms with Gasteiger partial charge >= 0.3 is 5.97 Å². The number of aliphatic carboxylic acids is 1. The van der Waals surface area contributed by atoms with Crippen LogP contribution in [0.5, 0.6) is 5.75 Å². The SMILES string of the molecule is O=C(O)CC1C(=O)NCCN1C(=O)c1ccc(O)cc1F. The Labute approximate surface area is 119 Å². The number of benzene rings is 1. The Hall–Kier alpha value is -2.64. The summed E-state index contributed by atoms with van der Waals surface area (Å²) in [6, 6.07) is 1.84. The minimum absolute atomic E-state index is 0.0861. The van der Waals surface area contributed by atoms with Crippen LogP contribution in [0.25, 0.3) is 0 Å². The van der Waals surface area contributed by atoms with Crippen LogP contribution in [0.15, 0.2) is 18.2 Å². The number of nitrogens with one attached hydrogen (secondary N) is 1. The van der Waals surface area contributed by atoms with Crippen LogP contribution in [0, 0.1) is 5.82 Å². The first-order valence-corrected chi connectivity index (χ1v) is 6.19. The quantitative estimate of drug-likeness (QED) is 0.725. The van der Waals surface area contributed by atoms with Crippen molar-refractivity contribution in [3.63, 3.8) is 0 Å². The maximum Gasteiger partial charge on any atom is 0.305 e. The molecule has 1 atom stereocenters. The molecule has 0 radical (unpaired) electrons. The van der Waals surface area contributed by atoms with Crippen LogP contribution in [0.1, 0.15) is 16.8 Å². The lowest BCUT2D eigenvalue weighted by Gasteiger charge is -2.34. The van der Waals surface area contributed by atoms with Gasteiger partial charge in [0.1, 0.15) is 17.6 Å². The fraction of sp³-hybridized carbons (Fsp3) is 0.308.